The van der Waals surface area contributed by atoms with Gasteiger partial charge in [0, 0.05) is 6.04 Å². The number of rotatable bonds is 3. The molecule has 0 saturated carbocycles. The molecule has 2 heteroatoms. The summed E-state index contributed by atoms with van der Waals surface area (Å²) in [4.78, 5) is 0. The molecule has 1 heterocycles. The average molecular weight is 233 g/mol. The summed E-state index contributed by atoms with van der Waals surface area (Å²) >= 11 is 0. The molecule has 0 aromatic heterocycles. The molecule has 1 unspecified atom stereocenters. The van der Waals surface area contributed by atoms with Gasteiger partial charge in [-0.3, -0.25) is 0 Å². The molecule has 0 bridgehead atoms. The lowest BCUT2D eigenvalue weighted by molar-refractivity contribution is -0.0705. The molecule has 0 aliphatic carbocycles. The highest BCUT2D eigenvalue weighted by molar-refractivity contribution is 5.41. The monoisotopic (exact) mass is 233 g/mol. The Hall–Kier alpha value is -0.860. The zero-order valence-corrected chi connectivity index (χ0v) is 11.3. The molecule has 1 aliphatic rings. The van der Waals surface area contributed by atoms with Crippen LogP contribution in [0.3, 0.4) is 0 Å². The molecule has 0 spiro atoms. The van der Waals surface area contributed by atoms with Crippen molar-refractivity contribution in [2.75, 3.05) is 13.2 Å². The molecule has 1 saturated heterocycles. The molecule has 2 N–H and O–H groups in total. The van der Waals surface area contributed by atoms with Crippen LogP contribution in [0.1, 0.15) is 43.4 Å². The molecular formula is C15H23NO. The number of nitrogens with two attached hydrogens (primary N) is 1. The third kappa shape index (κ3) is 2.00. The predicted octanol–water partition coefficient (Wildman–Crippen LogP) is 2.73. The molecule has 94 valence electrons. The number of hydrogen-bond donors (Lipinski definition) is 1. The second kappa shape index (κ2) is 4.43. The van der Waals surface area contributed by atoms with Crippen LogP contribution in [-0.2, 0) is 10.2 Å². The third-order valence-electron chi connectivity index (χ3n) is 4.06. The van der Waals surface area contributed by atoms with Gasteiger partial charge in [0.15, 0.2) is 0 Å². The van der Waals surface area contributed by atoms with Crippen molar-refractivity contribution in [1.82, 2.24) is 0 Å². The van der Waals surface area contributed by atoms with E-state index in [1.165, 1.54) is 16.7 Å². The van der Waals surface area contributed by atoms with Crippen LogP contribution in [-0.4, -0.2) is 19.3 Å². The van der Waals surface area contributed by atoms with Gasteiger partial charge in [-0.2, -0.15) is 0 Å². The van der Waals surface area contributed by atoms with Crippen molar-refractivity contribution in [3.05, 3.63) is 34.9 Å². The molecule has 1 fully saturated rings. The van der Waals surface area contributed by atoms with Crippen molar-refractivity contribution in [2.45, 2.75) is 45.1 Å². The van der Waals surface area contributed by atoms with Gasteiger partial charge in [0.05, 0.1) is 18.6 Å². The van der Waals surface area contributed by atoms with Crippen molar-refractivity contribution < 1.29 is 4.74 Å². The second-order valence-corrected chi connectivity index (χ2v) is 5.67. The van der Waals surface area contributed by atoms with E-state index in [1.807, 2.05) is 0 Å². The van der Waals surface area contributed by atoms with E-state index in [-0.39, 0.29) is 11.5 Å². The topological polar surface area (TPSA) is 35.2 Å². The van der Waals surface area contributed by atoms with E-state index in [4.69, 9.17) is 10.5 Å². The van der Waals surface area contributed by atoms with E-state index in [9.17, 15) is 0 Å². The van der Waals surface area contributed by atoms with Gasteiger partial charge >= 0.3 is 0 Å². The lowest BCUT2D eigenvalue weighted by Crippen LogP contribution is -2.57. The van der Waals surface area contributed by atoms with Gasteiger partial charge < -0.3 is 10.5 Å². The maximum absolute atomic E-state index is 6.18. The minimum atomic E-state index is 0.0367. The van der Waals surface area contributed by atoms with Gasteiger partial charge in [0.25, 0.3) is 0 Å². The van der Waals surface area contributed by atoms with E-state index in [0.29, 0.717) is 5.92 Å². The van der Waals surface area contributed by atoms with Crippen LogP contribution in [0.15, 0.2) is 18.2 Å². The van der Waals surface area contributed by atoms with Gasteiger partial charge in [-0.05, 0) is 36.5 Å². The number of benzene rings is 1. The fourth-order valence-electron chi connectivity index (χ4n) is 2.52. The van der Waals surface area contributed by atoms with E-state index >= 15 is 0 Å². The Morgan fingerprint density at radius 2 is 1.88 bits per heavy atom. The van der Waals surface area contributed by atoms with Gasteiger partial charge in [-0.25, -0.2) is 0 Å². The minimum Gasteiger partial charge on any atom is -0.379 e. The van der Waals surface area contributed by atoms with E-state index in [2.05, 4.69) is 45.9 Å². The van der Waals surface area contributed by atoms with Crippen LogP contribution in [0.4, 0.5) is 0 Å². The maximum Gasteiger partial charge on any atom is 0.0600 e. The Labute approximate surface area is 104 Å². The van der Waals surface area contributed by atoms with E-state index in [0.717, 1.165) is 13.2 Å². The molecule has 1 aromatic carbocycles. The summed E-state index contributed by atoms with van der Waals surface area (Å²) in [5, 5.41) is 0. The lowest BCUT2D eigenvalue weighted by Gasteiger charge is -2.46. The zero-order valence-electron chi connectivity index (χ0n) is 11.3. The van der Waals surface area contributed by atoms with Crippen LogP contribution in [0, 0.1) is 6.92 Å². The van der Waals surface area contributed by atoms with Crippen LogP contribution >= 0.6 is 0 Å². The number of ether oxygens (including phenoxy) is 1. The van der Waals surface area contributed by atoms with Crippen LogP contribution in [0.25, 0.3) is 0 Å². The molecule has 0 amide bonds. The second-order valence-electron chi connectivity index (χ2n) is 5.67. The highest BCUT2D eigenvalue weighted by Crippen LogP contribution is 2.38. The molecule has 2 nitrogen and oxygen atoms in total. The Bertz CT molecular complexity index is 405. The van der Waals surface area contributed by atoms with Crippen molar-refractivity contribution >= 4 is 0 Å². The van der Waals surface area contributed by atoms with Crippen LogP contribution < -0.4 is 5.73 Å². The Balaban J connectivity index is 2.46. The van der Waals surface area contributed by atoms with Gasteiger partial charge in [-0.15, -0.1) is 0 Å². The van der Waals surface area contributed by atoms with Gasteiger partial charge in [-0.1, -0.05) is 32.0 Å². The van der Waals surface area contributed by atoms with E-state index in [1.54, 1.807) is 0 Å². The largest absolute Gasteiger partial charge is 0.379 e. The summed E-state index contributed by atoms with van der Waals surface area (Å²) in [5.41, 5.74) is 10.3. The van der Waals surface area contributed by atoms with Crippen molar-refractivity contribution in [1.29, 1.82) is 0 Å². The molecule has 17 heavy (non-hydrogen) atoms. The van der Waals surface area contributed by atoms with E-state index < -0.39 is 0 Å². The molecule has 0 radical (unpaired) electrons. The number of hydrogen-bond acceptors (Lipinski definition) is 2. The van der Waals surface area contributed by atoms with Crippen LogP contribution in [0.5, 0.6) is 0 Å². The molecule has 1 aromatic rings. The maximum atomic E-state index is 6.18. The molecule has 2 rings (SSSR count). The Morgan fingerprint density at radius 3 is 2.29 bits per heavy atom. The molecule has 1 atom stereocenters. The Kier molecular flexibility index (Phi) is 3.28. The quantitative estimate of drug-likeness (QED) is 0.871. The third-order valence-corrected chi connectivity index (χ3v) is 4.06. The van der Waals surface area contributed by atoms with Crippen LogP contribution in [0.2, 0.25) is 0 Å². The average Bonchev–Trinajstić information content (AvgIpc) is 2.18. The fourth-order valence-corrected chi connectivity index (χ4v) is 2.52. The Morgan fingerprint density at radius 1 is 1.24 bits per heavy atom. The number of aryl methyl sites for hydroxylation is 1. The summed E-state index contributed by atoms with van der Waals surface area (Å²) in [6.45, 7) is 10.2. The highest BCUT2D eigenvalue weighted by Gasteiger charge is 2.44. The lowest BCUT2D eigenvalue weighted by atomic mass is 9.71. The normalized spacial score (nSPS) is 20.1. The predicted molar refractivity (Wildman–Crippen MR) is 71.4 cm³/mol. The zero-order chi connectivity index (χ0) is 12.6. The molecule has 1 aliphatic heterocycles. The van der Waals surface area contributed by atoms with Crippen molar-refractivity contribution in [3.8, 4) is 0 Å². The first-order valence-corrected chi connectivity index (χ1v) is 6.42. The first kappa shape index (κ1) is 12.6. The summed E-state index contributed by atoms with van der Waals surface area (Å²) in [7, 11) is 0. The first-order valence-electron chi connectivity index (χ1n) is 6.42. The SMILES string of the molecule is Cc1ccc(C(C)C)cc1C1(C(C)N)COC1. The van der Waals surface area contributed by atoms with Gasteiger partial charge in [0.2, 0.25) is 0 Å². The van der Waals surface area contributed by atoms with Gasteiger partial charge in [0.1, 0.15) is 0 Å². The summed E-state index contributed by atoms with van der Waals surface area (Å²) in [5.74, 6) is 0.556. The summed E-state index contributed by atoms with van der Waals surface area (Å²) < 4.78 is 5.43. The fraction of sp³-hybridized carbons (Fsp3) is 0.600. The summed E-state index contributed by atoms with van der Waals surface area (Å²) in [6.07, 6.45) is 0. The minimum absolute atomic E-state index is 0.0367. The molecular weight excluding hydrogens is 210 g/mol. The van der Waals surface area contributed by atoms with Crippen molar-refractivity contribution in [3.63, 3.8) is 0 Å². The highest BCUT2D eigenvalue weighted by atomic mass is 16.5. The standard InChI is InChI=1S/C15H23NO/c1-10(2)13-6-5-11(3)14(7-13)15(12(4)16)8-17-9-15/h5-7,10,12H,8-9,16H2,1-4H3. The smallest absolute Gasteiger partial charge is 0.0600 e. The first-order chi connectivity index (χ1) is 7.97. The van der Waals surface area contributed by atoms with Crippen molar-refractivity contribution in [2.24, 2.45) is 5.73 Å². The summed E-state index contributed by atoms with van der Waals surface area (Å²) in [6, 6.07) is 6.90.